The lowest BCUT2D eigenvalue weighted by Gasteiger charge is -2.29. The van der Waals surface area contributed by atoms with Crippen molar-refractivity contribution in [3.63, 3.8) is 0 Å². The second-order valence-corrected chi connectivity index (χ2v) is 16.9. The topological polar surface area (TPSA) is 138 Å². The van der Waals surface area contributed by atoms with Gasteiger partial charge in [0.15, 0.2) is 0 Å². The number of carbonyl (C=O) groups excluding carboxylic acids is 3. The molecule has 0 saturated carbocycles. The standard InChI is InChI=1S/C50H64N4O8/c1-50(2,3)62-47(55)22-27-59-29-31-61-33-32-60-30-28-58-26-11-13-37-12-9-16-39(34-37)48(56)53-45-20-19-41(54-24-7-4-8-25-54)36-43(45)46-35-40(21-23-51-46)49(57)52-44-18-10-15-38-14-5-6-17-42(38)44/h5-6,9,12,14,16-17,19-21,23,34-36,44H,4,7-8,10-11,13,15,18,22,24-33H2,1-3H3,(H,52,57)(H,53,56)/t44-/m0/s1. The average Bonchev–Trinajstić information content (AvgIpc) is 3.27. The summed E-state index contributed by atoms with van der Waals surface area (Å²) in [7, 11) is 0. The summed E-state index contributed by atoms with van der Waals surface area (Å²) >= 11 is 0. The zero-order valence-corrected chi connectivity index (χ0v) is 36.8. The fourth-order valence-electron chi connectivity index (χ4n) is 7.82. The van der Waals surface area contributed by atoms with Crippen LogP contribution in [0.15, 0.2) is 85.1 Å². The molecule has 1 aromatic heterocycles. The zero-order valence-electron chi connectivity index (χ0n) is 36.8. The Labute approximate surface area is 367 Å². The van der Waals surface area contributed by atoms with E-state index in [9.17, 15) is 14.4 Å². The number of esters is 1. The van der Waals surface area contributed by atoms with Gasteiger partial charge in [-0.2, -0.15) is 0 Å². The molecule has 2 heterocycles. The predicted octanol–water partition coefficient (Wildman–Crippen LogP) is 8.53. The first-order valence-electron chi connectivity index (χ1n) is 22.3. The summed E-state index contributed by atoms with van der Waals surface area (Å²) in [6.07, 6.45) is 9.91. The van der Waals surface area contributed by atoms with E-state index in [2.05, 4.69) is 45.9 Å². The highest BCUT2D eigenvalue weighted by atomic mass is 16.6. The third kappa shape index (κ3) is 14.8. The Morgan fingerprint density at radius 2 is 1.44 bits per heavy atom. The molecular formula is C50H64N4O8. The van der Waals surface area contributed by atoms with E-state index in [1.165, 1.54) is 17.5 Å². The number of benzene rings is 3. The van der Waals surface area contributed by atoms with Crippen molar-refractivity contribution in [2.45, 2.75) is 90.2 Å². The number of ether oxygens (including phenoxy) is 5. The van der Waals surface area contributed by atoms with Crippen LogP contribution in [0.4, 0.5) is 11.4 Å². The van der Waals surface area contributed by atoms with Gasteiger partial charge in [-0.3, -0.25) is 19.4 Å². The maximum Gasteiger partial charge on any atom is 0.308 e. The highest BCUT2D eigenvalue weighted by Gasteiger charge is 2.23. The van der Waals surface area contributed by atoms with Gasteiger partial charge in [-0.05, 0) is 131 Å². The van der Waals surface area contributed by atoms with E-state index >= 15 is 0 Å². The van der Waals surface area contributed by atoms with Crippen molar-refractivity contribution in [1.82, 2.24) is 10.3 Å². The van der Waals surface area contributed by atoms with Crippen LogP contribution >= 0.6 is 0 Å². The first-order valence-corrected chi connectivity index (χ1v) is 22.3. The summed E-state index contributed by atoms with van der Waals surface area (Å²) in [4.78, 5) is 46.3. The van der Waals surface area contributed by atoms with Crippen LogP contribution in [-0.4, -0.2) is 94.3 Å². The zero-order chi connectivity index (χ0) is 43.6. The van der Waals surface area contributed by atoms with Crippen LogP contribution in [0, 0.1) is 0 Å². The lowest BCUT2D eigenvalue weighted by Crippen LogP contribution is -2.31. The molecule has 2 amide bonds. The van der Waals surface area contributed by atoms with Crippen LogP contribution in [0.1, 0.15) is 109 Å². The van der Waals surface area contributed by atoms with Gasteiger partial charge in [-0.25, -0.2) is 0 Å². The highest BCUT2D eigenvalue weighted by Crippen LogP contribution is 2.34. The number of hydrogen-bond acceptors (Lipinski definition) is 10. The Bertz CT molecular complexity index is 2060. The van der Waals surface area contributed by atoms with Gasteiger partial charge >= 0.3 is 5.97 Å². The highest BCUT2D eigenvalue weighted by molar-refractivity contribution is 6.06. The van der Waals surface area contributed by atoms with E-state index in [4.69, 9.17) is 28.7 Å². The fraction of sp³-hybridized carbons (Fsp3) is 0.480. The number of piperidine rings is 1. The molecule has 0 spiro atoms. The normalized spacial score (nSPS) is 15.1. The molecular weight excluding hydrogens is 785 g/mol. The molecule has 12 heteroatoms. The molecule has 12 nitrogen and oxygen atoms in total. The lowest BCUT2D eigenvalue weighted by atomic mass is 9.87. The summed E-state index contributed by atoms with van der Waals surface area (Å²) < 4.78 is 27.6. The molecule has 1 saturated heterocycles. The Hall–Kier alpha value is -5.14. The van der Waals surface area contributed by atoms with E-state index in [0.29, 0.717) is 75.4 Å². The van der Waals surface area contributed by atoms with Gasteiger partial charge in [0.2, 0.25) is 0 Å². The molecule has 6 rings (SSSR count). The van der Waals surface area contributed by atoms with Crippen molar-refractivity contribution in [1.29, 1.82) is 0 Å². The number of aryl methyl sites for hydroxylation is 2. The second kappa shape index (κ2) is 23.9. The van der Waals surface area contributed by atoms with Gasteiger partial charge in [0.05, 0.1) is 70.1 Å². The van der Waals surface area contributed by atoms with Gasteiger partial charge in [0, 0.05) is 48.3 Å². The van der Waals surface area contributed by atoms with Gasteiger partial charge < -0.3 is 39.2 Å². The Kier molecular flexibility index (Phi) is 17.9. The van der Waals surface area contributed by atoms with Crippen LogP contribution in [0.5, 0.6) is 0 Å². The van der Waals surface area contributed by atoms with Crippen molar-refractivity contribution in [3.05, 3.63) is 113 Å². The molecule has 1 fully saturated rings. The molecule has 3 aromatic carbocycles. The van der Waals surface area contributed by atoms with E-state index in [1.807, 2.05) is 63.2 Å². The smallest absolute Gasteiger partial charge is 0.308 e. The van der Waals surface area contributed by atoms with Gasteiger partial charge in [0.25, 0.3) is 11.8 Å². The Morgan fingerprint density at radius 1 is 0.726 bits per heavy atom. The molecule has 0 unspecified atom stereocenters. The monoisotopic (exact) mass is 848 g/mol. The number of nitrogens with zero attached hydrogens (tertiary/aromatic N) is 2. The predicted molar refractivity (Wildman–Crippen MR) is 242 cm³/mol. The maximum atomic E-state index is 13.8. The first kappa shape index (κ1) is 46.4. The first-order chi connectivity index (χ1) is 30.1. The molecule has 4 aromatic rings. The minimum atomic E-state index is -0.491. The molecule has 332 valence electrons. The van der Waals surface area contributed by atoms with Gasteiger partial charge in [0.1, 0.15) is 5.60 Å². The van der Waals surface area contributed by atoms with Crippen LogP contribution in [0.2, 0.25) is 0 Å². The summed E-state index contributed by atoms with van der Waals surface area (Å²) in [6.45, 7) is 11.0. The number of anilines is 2. The third-order valence-electron chi connectivity index (χ3n) is 10.9. The maximum absolute atomic E-state index is 13.8. The molecule has 1 aliphatic carbocycles. The van der Waals surface area contributed by atoms with Crippen LogP contribution < -0.4 is 15.5 Å². The lowest BCUT2D eigenvalue weighted by molar-refractivity contribution is -0.156. The number of nitrogens with one attached hydrogen (secondary N) is 2. The van der Waals surface area contributed by atoms with E-state index < -0.39 is 5.60 Å². The van der Waals surface area contributed by atoms with E-state index in [0.717, 1.165) is 74.8 Å². The number of rotatable bonds is 22. The molecule has 62 heavy (non-hydrogen) atoms. The minimum absolute atomic E-state index is 0.0367. The fourth-order valence-corrected chi connectivity index (χ4v) is 7.82. The molecule has 1 atom stereocenters. The SMILES string of the molecule is CC(C)(C)OC(=O)CCOCCOCCOCCOCCCc1cccc(C(=O)Nc2ccc(N3CCCCC3)cc2-c2cc(C(=O)N[C@H]3CCCc4ccccc43)ccn2)c1. The Balaban J connectivity index is 0.959. The van der Waals surface area contributed by atoms with Crippen molar-refractivity contribution < 1.29 is 38.1 Å². The largest absolute Gasteiger partial charge is 0.460 e. The summed E-state index contributed by atoms with van der Waals surface area (Å²) in [6, 6.07) is 25.7. The van der Waals surface area contributed by atoms with Crippen LogP contribution in [-0.2, 0) is 41.3 Å². The molecule has 2 N–H and O–H groups in total. The number of aromatic nitrogens is 1. The van der Waals surface area contributed by atoms with Crippen LogP contribution in [0.25, 0.3) is 11.3 Å². The Morgan fingerprint density at radius 3 is 2.19 bits per heavy atom. The number of hydrogen-bond donors (Lipinski definition) is 2. The third-order valence-corrected chi connectivity index (χ3v) is 10.9. The molecule has 1 aliphatic heterocycles. The van der Waals surface area contributed by atoms with Crippen molar-refractivity contribution in [3.8, 4) is 11.3 Å². The summed E-state index contributed by atoms with van der Waals surface area (Å²) in [5.41, 5.74) is 7.22. The van der Waals surface area contributed by atoms with Crippen molar-refractivity contribution >= 4 is 29.2 Å². The summed E-state index contributed by atoms with van der Waals surface area (Å²) in [5, 5.41) is 6.45. The van der Waals surface area contributed by atoms with E-state index in [-0.39, 0.29) is 30.2 Å². The molecule has 2 aliphatic rings. The molecule has 0 bridgehead atoms. The van der Waals surface area contributed by atoms with E-state index in [1.54, 1.807) is 12.3 Å². The number of carbonyl (C=O) groups is 3. The van der Waals surface area contributed by atoms with Crippen LogP contribution in [0.3, 0.4) is 0 Å². The van der Waals surface area contributed by atoms with Crippen molar-refractivity contribution in [2.24, 2.45) is 0 Å². The number of pyridine rings is 1. The average molecular weight is 849 g/mol. The summed E-state index contributed by atoms with van der Waals surface area (Å²) in [5.74, 6) is -0.628. The van der Waals surface area contributed by atoms with Gasteiger partial charge in [-0.15, -0.1) is 0 Å². The quantitative estimate of drug-likeness (QED) is 0.0585. The molecule has 0 radical (unpaired) electrons. The number of amides is 2. The second-order valence-electron chi connectivity index (χ2n) is 16.9. The number of fused-ring (bicyclic) bond motifs is 1. The van der Waals surface area contributed by atoms with Crippen molar-refractivity contribution in [2.75, 3.05) is 76.2 Å². The van der Waals surface area contributed by atoms with Gasteiger partial charge in [-0.1, -0.05) is 36.4 Å². The minimum Gasteiger partial charge on any atom is -0.460 e.